The summed E-state index contributed by atoms with van der Waals surface area (Å²) >= 11 is 0. The van der Waals surface area contributed by atoms with Gasteiger partial charge in [0.1, 0.15) is 5.75 Å². The smallest absolute Gasteiger partial charge is 0.457 e. The highest BCUT2D eigenvalue weighted by atomic mass is 19.4. The van der Waals surface area contributed by atoms with E-state index in [0.717, 1.165) is 31.2 Å². The van der Waals surface area contributed by atoms with E-state index in [2.05, 4.69) is 9.47 Å². The van der Waals surface area contributed by atoms with Crippen molar-refractivity contribution in [1.82, 2.24) is 0 Å². The Morgan fingerprint density at radius 1 is 1.17 bits per heavy atom. The number of halogens is 3. The fourth-order valence-corrected chi connectivity index (χ4v) is 1.09. The zero-order chi connectivity index (χ0) is 13.8. The quantitative estimate of drug-likeness (QED) is 0.617. The molecule has 1 aromatic rings. The van der Waals surface area contributed by atoms with E-state index in [0.29, 0.717) is 0 Å². The van der Waals surface area contributed by atoms with Gasteiger partial charge < -0.3 is 9.47 Å². The zero-order valence-corrected chi connectivity index (χ0v) is 9.28. The largest absolute Gasteiger partial charge is 0.573 e. The molecule has 0 amide bonds. The number of hydrogen-bond donors (Lipinski definition) is 0. The van der Waals surface area contributed by atoms with Crippen LogP contribution >= 0.6 is 0 Å². The molecule has 18 heavy (non-hydrogen) atoms. The first-order chi connectivity index (χ1) is 8.28. The molecule has 0 fully saturated rings. The van der Waals surface area contributed by atoms with Crippen molar-refractivity contribution in [3.05, 3.63) is 29.8 Å². The van der Waals surface area contributed by atoms with Crippen molar-refractivity contribution in [3.8, 4) is 5.75 Å². The third-order valence-electron chi connectivity index (χ3n) is 1.82. The number of carbonyl (C=O) groups excluding carboxylic acids is 2. The van der Waals surface area contributed by atoms with Crippen LogP contribution in [0.1, 0.15) is 17.3 Å². The highest BCUT2D eigenvalue weighted by Gasteiger charge is 2.31. The van der Waals surface area contributed by atoms with E-state index in [1.807, 2.05) is 0 Å². The number of carbonyl (C=O) groups is 2. The van der Waals surface area contributed by atoms with E-state index >= 15 is 0 Å². The summed E-state index contributed by atoms with van der Waals surface area (Å²) in [6, 6.07) is 4.34. The first kappa shape index (κ1) is 14.0. The van der Waals surface area contributed by atoms with Gasteiger partial charge in [-0.3, -0.25) is 9.59 Å². The van der Waals surface area contributed by atoms with Crippen LogP contribution in [0.15, 0.2) is 24.3 Å². The number of ketones is 1. The lowest BCUT2D eigenvalue weighted by atomic mass is 10.1. The summed E-state index contributed by atoms with van der Waals surface area (Å²) in [6.07, 6.45) is -4.77. The average Bonchev–Trinajstić information content (AvgIpc) is 2.24. The molecule has 0 aromatic heterocycles. The molecule has 0 aliphatic carbocycles. The molecule has 0 radical (unpaired) electrons. The van der Waals surface area contributed by atoms with Crippen LogP contribution in [0.2, 0.25) is 0 Å². The molecule has 0 aliphatic heterocycles. The zero-order valence-electron chi connectivity index (χ0n) is 9.28. The van der Waals surface area contributed by atoms with Crippen LogP contribution in [0.25, 0.3) is 0 Å². The number of ether oxygens (including phenoxy) is 2. The summed E-state index contributed by atoms with van der Waals surface area (Å²) in [7, 11) is 0. The lowest BCUT2D eigenvalue weighted by molar-refractivity contribution is -0.274. The molecular weight excluding hydrogens is 253 g/mol. The Kier molecular flexibility index (Phi) is 4.30. The Hall–Kier alpha value is -2.05. The highest BCUT2D eigenvalue weighted by molar-refractivity contribution is 5.97. The van der Waals surface area contributed by atoms with Gasteiger partial charge in [0.2, 0.25) is 0 Å². The van der Waals surface area contributed by atoms with Crippen LogP contribution in [0.3, 0.4) is 0 Å². The van der Waals surface area contributed by atoms with Crippen molar-refractivity contribution in [2.24, 2.45) is 0 Å². The van der Waals surface area contributed by atoms with Crippen molar-refractivity contribution in [2.45, 2.75) is 13.3 Å². The molecule has 0 unspecified atom stereocenters. The predicted octanol–water partition coefficient (Wildman–Crippen LogP) is 2.33. The van der Waals surface area contributed by atoms with Crippen LogP contribution in [0.5, 0.6) is 5.75 Å². The van der Waals surface area contributed by atoms with Crippen molar-refractivity contribution in [3.63, 3.8) is 0 Å². The Morgan fingerprint density at radius 2 is 1.72 bits per heavy atom. The number of esters is 1. The summed E-state index contributed by atoms with van der Waals surface area (Å²) in [5.74, 6) is -1.55. The molecule has 0 aliphatic rings. The van der Waals surface area contributed by atoms with Gasteiger partial charge in [-0.1, -0.05) is 0 Å². The monoisotopic (exact) mass is 262 g/mol. The predicted molar refractivity (Wildman–Crippen MR) is 54.1 cm³/mol. The lowest BCUT2D eigenvalue weighted by Crippen LogP contribution is -2.17. The van der Waals surface area contributed by atoms with Crippen molar-refractivity contribution < 1.29 is 32.2 Å². The van der Waals surface area contributed by atoms with E-state index in [9.17, 15) is 22.8 Å². The van der Waals surface area contributed by atoms with Crippen LogP contribution in [0, 0.1) is 0 Å². The van der Waals surface area contributed by atoms with Crippen LogP contribution in [0.4, 0.5) is 13.2 Å². The molecule has 0 saturated carbocycles. The minimum atomic E-state index is -4.77. The Labute approximate surface area is 100 Å². The normalized spacial score (nSPS) is 10.9. The van der Waals surface area contributed by atoms with E-state index in [4.69, 9.17) is 0 Å². The molecule has 0 atom stereocenters. The van der Waals surface area contributed by atoms with E-state index in [-0.39, 0.29) is 5.56 Å². The Morgan fingerprint density at radius 3 is 2.17 bits per heavy atom. The lowest BCUT2D eigenvalue weighted by Gasteiger charge is -2.08. The highest BCUT2D eigenvalue weighted by Crippen LogP contribution is 2.22. The van der Waals surface area contributed by atoms with Gasteiger partial charge in [0, 0.05) is 12.5 Å². The van der Waals surface area contributed by atoms with Crippen LogP contribution in [-0.4, -0.2) is 24.7 Å². The van der Waals surface area contributed by atoms with Crippen LogP contribution < -0.4 is 4.74 Å². The summed E-state index contributed by atoms with van der Waals surface area (Å²) in [4.78, 5) is 21.9. The number of alkyl halides is 3. The van der Waals surface area contributed by atoms with Crippen molar-refractivity contribution >= 4 is 11.8 Å². The number of Topliss-reactive ketones (excluding diaryl/α,β-unsaturated/α-hetero) is 1. The maximum absolute atomic E-state index is 11.9. The van der Waals surface area contributed by atoms with Gasteiger partial charge in [-0.05, 0) is 24.3 Å². The number of rotatable bonds is 4. The van der Waals surface area contributed by atoms with E-state index in [1.54, 1.807) is 0 Å². The molecule has 0 saturated heterocycles. The molecule has 1 rings (SSSR count). The summed E-state index contributed by atoms with van der Waals surface area (Å²) < 4.78 is 43.7. The summed E-state index contributed by atoms with van der Waals surface area (Å²) in [5.41, 5.74) is 0.130. The molecule has 0 spiro atoms. The van der Waals surface area contributed by atoms with Crippen molar-refractivity contribution in [1.29, 1.82) is 0 Å². The topological polar surface area (TPSA) is 52.6 Å². The standard InChI is InChI=1S/C11H9F3O4/c1-7(15)17-6-10(16)8-2-4-9(5-3-8)18-11(12,13)14/h2-5H,6H2,1H3. The summed E-state index contributed by atoms with van der Waals surface area (Å²) in [6.45, 7) is 0.697. The maximum atomic E-state index is 11.9. The fourth-order valence-electron chi connectivity index (χ4n) is 1.09. The molecule has 0 bridgehead atoms. The summed E-state index contributed by atoms with van der Waals surface area (Å²) in [5, 5.41) is 0. The first-order valence-electron chi connectivity index (χ1n) is 4.80. The minimum Gasteiger partial charge on any atom is -0.457 e. The van der Waals surface area contributed by atoms with Crippen LogP contribution in [-0.2, 0) is 9.53 Å². The average molecular weight is 262 g/mol. The second-order valence-electron chi connectivity index (χ2n) is 3.28. The SMILES string of the molecule is CC(=O)OCC(=O)c1ccc(OC(F)(F)F)cc1. The molecule has 0 heterocycles. The molecular formula is C11H9F3O4. The van der Waals surface area contributed by atoms with Gasteiger partial charge in [0.15, 0.2) is 12.4 Å². The Balaban J connectivity index is 2.65. The van der Waals surface area contributed by atoms with Gasteiger partial charge in [-0.2, -0.15) is 0 Å². The number of benzene rings is 1. The van der Waals surface area contributed by atoms with Gasteiger partial charge in [0.05, 0.1) is 0 Å². The fraction of sp³-hybridized carbons (Fsp3) is 0.273. The second-order valence-corrected chi connectivity index (χ2v) is 3.28. The molecule has 1 aromatic carbocycles. The molecule has 7 heteroatoms. The number of hydrogen-bond acceptors (Lipinski definition) is 4. The van der Waals surface area contributed by atoms with Crippen molar-refractivity contribution in [2.75, 3.05) is 6.61 Å². The first-order valence-corrected chi connectivity index (χ1v) is 4.80. The van der Waals surface area contributed by atoms with Gasteiger partial charge in [0.25, 0.3) is 0 Å². The second kappa shape index (κ2) is 5.52. The molecule has 0 N–H and O–H groups in total. The van der Waals surface area contributed by atoms with Gasteiger partial charge in [-0.15, -0.1) is 13.2 Å². The van der Waals surface area contributed by atoms with E-state index in [1.165, 1.54) is 0 Å². The maximum Gasteiger partial charge on any atom is 0.573 e. The van der Waals surface area contributed by atoms with Gasteiger partial charge >= 0.3 is 12.3 Å². The third kappa shape index (κ3) is 4.86. The minimum absolute atomic E-state index is 0.130. The Bertz CT molecular complexity index is 437. The van der Waals surface area contributed by atoms with E-state index < -0.39 is 30.5 Å². The van der Waals surface area contributed by atoms with Gasteiger partial charge in [-0.25, -0.2) is 0 Å². The third-order valence-corrected chi connectivity index (χ3v) is 1.82. The molecule has 4 nitrogen and oxygen atoms in total. The molecule has 98 valence electrons.